The molecule has 2 aliphatic carbocycles. The average molecular weight is 523 g/mol. The number of carboxylic acids is 1. The SMILES string of the molecule is CC(C(=O)O)N(C(=O)OCC1c2ccccc2-c2ccccc21)C1CCC(CNC(=O)OC(C)(C)C)CC1. The lowest BCUT2D eigenvalue weighted by Crippen LogP contribution is -2.51. The standard InChI is InChI=1S/C30H38N2O6/c1-19(27(33)34)32(21-15-13-20(14-16-21)17-31-28(35)38-30(2,3)4)29(36)37-18-26-24-11-7-5-9-22(24)23-10-6-8-12-25(23)26/h5-12,19-21,26H,13-18H2,1-4H3,(H,31,35)(H,33,34). The number of nitrogens with one attached hydrogen (secondary N) is 1. The summed E-state index contributed by atoms with van der Waals surface area (Å²) in [4.78, 5) is 38.7. The predicted octanol–water partition coefficient (Wildman–Crippen LogP) is 5.79. The molecule has 1 saturated carbocycles. The fraction of sp³-hybridized carbons (Fsp3) is 0.500. The number of hydrogen-bond acceptors (Lipinski definition) is 5. The largest absolute Gasteiger partial charge is 0.480 e. The third-order valence-corrected chi connectivity index (χ3v) is 7.47. The van der Waals surface area contributed by atoms with Crippen molar-refractivity contribution in [2.45, 2.75) is 77.0 Å². The molecule has 0 saturated heterocycles. The van der Waals surface area contributed by atoms with E-state index >= 15 is 0 Å². The molecule has 0 bridgehead atoms. The molecule has 1 atom stereocenters. The molecule has 2 aliphatic rings. The van der Waals surface area contributed by atoms with Crippen LogP contribution in [0, 0.1) is 5.92 Å². The monoisotopic (exact) mass is 522 g/mol. The van der Waals surface area contributed by atoms with Crippen molar-refractivity contribution in [2.75, 3.05) is 13.2 Å². The Hall–Kier alpha value is -3.55. The average Bonchev–Trinajstić information content (AvgIpc) is 3.19. The molecule has 2 N–H and O–H groups in total. The van der Waals surface area contributed by atoms with E-state index in [0.717, 1.165) is 35.1 Å². The maximum absolute atomic E-state index is 13.4. The highest BCUT2D eigenvalue weighted by molar-refractivity contribution is 5.81. The second-order valence-electron chi connectivity index (χ2n) is 11.3. The minimum Gasteiger partial charge on any atom is -0.480 e. The van der Waals surface area contributed by atoms with Crippen LogP contribution in [0.2, 0.25) is 0 Å². The molecule has 2 aromatic rings. The summed E-state index contributed by atoms with van der Waals surface area (Å²) < 4.78 is 11.1. The van der Waals surface area contributed by atoms with E-state index in [9.17, 15) is 19.5 Å². The summed E-state index contributed by atoms with van der Waals surface area (Å²) in [5.41, 5.74) is 3.93. The molecule has 8 nitrogen and oxygen atoms in total. The fourth-order valence-electron chi connectivity index (χ4n) is 5.58. The molecule has 0 aromatic heterocycles. The molecule has 0 spiro atoms. The second kappa shape index (κ2) is 11.5. The highest BCUT2D eigenvalue weighted by atomic mass is 16.6. The molecule has 2 aromatic carbocycles. The molecule has 0 aliphatic heterocycles. The lowest BCUT2D eigenvalue weighted by molar-refractivity contribution is -0.143. The molecule has 4 rings (SSSR count). The molecule has 0 radical (unpaired) electrons. The number of alkyl carbamates (subject to hydrolysis) is 1. The summed E-state index contributed by atoms with van der Waals surface area (Å²) in [6.07, 6.45) is 1.77. The smallest absolute Gasteiger partial charge is 0.410 e. The van der Waals surface area contributed by atoms with Crippen molar-refractivity contribution in [3.8, 4) is 11.1 Å². The van der Waals surface area contributed by atoms with Crippen LogP contribution in [-0.2, 0) is 14.3 Å². The summed E-state index contributed by atoms with van der Waals surface area (Å²) >= 11 is 0. The van der Waals surface area contributed by atoms with Gasteiger partial charge in [-0.15, -0.1) is 0 Å². The molecular weight excluding hydrogens is 484 g/mol. The number of nitrogens with zero attached hydrogens (tertiary/aromatic N) is 1. The Labute approximate surface area is 224 Å². The molecule has 204 valence electrons. The molecule has 0 heterocycles. The lowest BCUT2D eigenvalue weighted by Gasteiger charge is -2.38. The third-order valence-electron chi connectivity index (χ3n) is 7.47. The molecule has 38 heavy (non-hydrogen) atoms. The van der Waals surface area contributed by atoms with Gasteiger partial charge in [0.15, 0.2) is 0 Å². The number of carbonyl (C=O) groups is 3. The van der Waals surface area contributed by atoms with E-state index in [1.165, 1.54) is 11.8 Å². The van der Waals surface area contributed by atoms with Crippen molar-refractivity contribution in [3.05, 3.63) is 59.7 Å². The summed E-state index contributed by atoms with van der Waals surface area (Å²) in [7, 11) is 0. The van der Waals surface area contributed by atoms with Gasteiger partial charge in [-0.05, 0) is 81.5 Å². The van der Waals surface area contributed by atoms with Gasteiger partial charge in [0.1, 0.15) is 18.2 Å². The van der Waals surface area contributed by atoms with Gasteiger partial charge >= 0.3 is 18.2 Å². The Morgan fingerprint density at radius 3 is 2.05 bits per heavy atom. The lowest BCUT2D eigenvalue weighted by atomic mass is 9.85. The van der Waals surface area contributed by atoms with Gasteiger partial charge in [0.2, 0.25) is 0 Å². The number of aliphatic carboxylic acids is 1. The molecule has 1 fully saturated rings. The van der Waals surface area contributed by atoms with E-state index in [1.807, 2.05) is 45.0 Å². The Morgan fingerprint density at radius 1 is 0.974 bits per heavy atom. The Morgan fingerprint density at radius 2 is 1.53 bits per heavy atom. The second-order valence-corrected chi connectivity index (χ2v) is 11.3. The van der Waals surface area contributed by atoms with Crippen LogP contribution in [0.4, 0.5) is 9.59 Å². The van der Waals surface area contributed by atoms with Crippen molar-refractivity contribution in [1.82, 2.24) is 10.2 Å². The van der Waals surface area contributed by atoms with Crippen molar-refractivity contribution >= 4 is 18.2 Å². The third kappa shape index (κ3) is 6.29. The zero-order valence-electron chi connectivity index (χ0n) is 22.6. The molecule has 8 heteroatoms. The van der Waals surface area contributed by atoms with Crippen LogP contribution in [-0.4, -0.2) is 59.0 Å². The number of amides is 2. The fourth-order valence-corrected chi connectivity index (χ4v) is 5.58. The topological polar surface area (TPSA) is 105 Å². The first-order valence-electron chi connectivity index (χ1n) is 13.4. The van der Waals surface area contributed by atoms with Gasteiger partial charge in [-0.25, -0.2) is 14.4 Å². The van der Waals surface area contributed by atoms with Gasteiger partial charge in [-0.2, -0.15) is 0 Å². The van der Waals surface area contributed by atoms with Crippen LogP contribution in [0.1, 0.15) is 70.4 Å². The minimum atomic E-state index is -1.06. The summed E-state index contributed by atoms with van der Waals surface area (Å²) in [6.45, 7) is 7.61. The zero-order valence-corrected chi connectivity index (χ0v) is 22.6. The zero-order chi connectivity index (χ0) is 27.4. The van der Waals surface area contributed by atoms with Gasteiger partial charge in [0, 0.05) is 18.5 Å². The van der Waals surface area contributed by atoms with E-state index in [0.29, 0.717) is 19.4 Å². The number of ether oxygens (including phenoxy) is 2. The molecular formula is C30H38N2O6. The first-order valence-corrected chi connectivity index (χ1v) is 13.4. The van der Waals surface area contributed by atoms with E-state index in [2.05, 4.69) is 29.6 Å². The van der Waals surface area contributed by atoms with Crippen molar-refractivity contribution in [3.63, 3.8) is 0 Å². The van der Waals surface area contributed by atoms with Gasteiger partial charge < -0.3 is 19.9 Å². The van der Waals surface area contributed by atoms with E-state index in [-0.39, 0.29) is 24.5 Å². The van der Waals surface area contributed by atoms with Crippen LogP contribution in [0.5, 0.6) is 0 Å². The van der Waals surface area contributed by atoms with Gasteiger partial charge in [0.25, 0.3) is 0 Å². The first-order chi connectivity index (χ1) is 18.0. The Kier molecular flexibility index (Phi) is 8.29. The van der Waals surface area contributed by atoms with Gasteiger partial charge in [0.05, 0.1) is 0 Å². The van der Waals surface area contributed by atoms with Crippen molar-refractivity contribution in [1.29, 1.82) is 0 Å². The number of benzene rings is 2. The summed E-state index contributed by atoms with van der Waals surface area (Å²) in [5.74, 6) is -0.918. The maximum Gasteiger partial charge on any atom is 0.410 e. The van der Waals surface area contributed by atoms with Gasteiger partial charge in [-0.3, -0.25) is 4.90 Å². The first kappa shape index (κ1) is 27.5. The number of carboxylic acid groups (broad SMARTS) is 1. The summed E-state index contributed by atoms with van der Waals surface area (Å²) in [5, 5.41) is 12.6. The van der Waals surface area contributed by atoms with Crippen LogP contribution < -0.4 is 5.32 Å². The van der Waals surface area contributed by atoms with Crippen LogP contribution in [0.3, 0.4) is 0 Å². The Balaban J connectivity index is 1.38. The van der Waals surface area contributed by atoms with Crippen molar-refractivity contribution in [2.24, 2.45) is 5.92 Å². The Bertz CT molecular complexity index is 1120. The normalized spacial score (nSPS) is 19.6. The minimum absolute atomic E-state index is 0.0944. The van der Waals surface area contributed by atoms with Crippen LogP contribution >= 0.6 is 0 Å². The van der Waals surface area contributed by atoms with E-state index in [1.54, 1.807) is 0 Å². The number of carbonyl (C=O) groups excluding carboxylic acids is 2. The van der Waals surface area contributed by atoms with Crippen molar-refractivity contribution < 1.29 is 29.0 Å². The number of fused-ring (bicyclic) bond motifs is 3. The molecule has 2 amide bonds. The number of hydrogen-bond donors (Lipinski definition) is 2. The summed E-state index contributed by atoms with van der Waals surface area (Å²) in [6, 6.07) is 15.0. The quantitative estimate of drug-likeness (QED) is 0.477. The molecule has 1 unspecified atom stereocenters. The predicted molar refractivity (Wildman–Crippen MR) is 144 cm³/mol. The van der Waals surface area contributed by atoms with Gasteiger partial charge in [-0.1, -0.05) is 48.5 Å². The van der Waals surface area contributed by atoms with E-state index in [4.69, 9.17) is 9.47 Å². The van der Waals surface area contributed by atoms with E-state index < -0.39 is 29.8 Å². The highest BCUT2D eigenvalue weighted by Crippen LogP contribution is 2.44. The van der Waals surface area contributed by atoms with Crippen LogP contribution in [0.25, 0.3) is 11.1 Å². The maximum atomic E-state index is 13.4. The highest BCUT2D eigenvalue weighted by Gasteiger charge is 2.37. The van der Waals surface area contributed by atoms with Crippen LogP contribution in [0.15, 0.2) is 48.5 Å². The number of rotatable bonds is 7.